The summed E-state index contributed by atoms with van der Waals surface area (Å²) in [6.07, 6.45) is 2.24. The van der Waals surface area contributed by atoms with Crippen molar-refractivity contribution in [2.45, 2.75) is 38.8 Å². The molecule has 0 saturated carbocycles. The van der Waals surface area contributed by atoms with Crippen molar-refractivity contribution in [1.82, 2.24) is 5.32 Å². The Morgan fingerprint density at radius 2 is 2.00 bits per heavy atom. The number of thiophene rings is 1. The maximum absolute atomic E-state index is 11.3. The first-order valence-corrected chi connectivity index (χ1v) is 8.17. The van der Waals surface area contributed by atoms with E-state index < -0.39 is 0 Å². The van der Waals surface area contributed by atoms with Gasteiger partial charge in [-0.2, -0.15) is 0 Å². The molecular formula is C17H22N2OS. The number of amides is 1. The highest BCUT2D eigenvalue weighted by atomic mass is 32.1. The highest BCUT2D eigenvalue weighted by molar-refractivity contribution is 7.10. The highest BCUT2D eigenvalue weighted by Crippen LogP contribution is 2.27. The van der Waals surface area contributed by atoms with Gasteiger partial charge in [-0.3, -0.25) is 10.1 Å². The lowest BCUT2D eigenvalue weighted by molar-refractivity contribution is -0.119. The zero-order valence-electron chi connectivity index (χ0n) is 12.5. The Morgan fingerprint density at radius 1 is 1.29 bits per heavy atom. The maximum atomic E-state index is 11.3. The van der Waals surface area contributed by atoms with Gasteiger partial charge in [0.15, 0.2) is 0 Å². The van der Waals surface area contributed by atoms with Crippen molar-refractivity contribution < 1.29 is 4.79 Å². The summed E-state index contributed by atoms with van der Waals surface area (Å²) in [5.41, 5.74) is 7.88. The molecular weight excluding hydrogens is 280 g/mol. The predicted molar refractivity (Wildman–Crippen MR) is 88.4 cm³/mol. The predicted octanol–water partition coefficient (Wildman–Crippen LogP) is 3.25. The van der Waals surface area contributed by atoms with E-state index in [0.29, 0.717) is 0 Å². The summed E-state index contributed by atoms with van der Waals surface area (Å²) in [6, 6.07) is 12.3. The largest absolute Gasteiger partial charge is 0.368 e. The van der Waals surface area contributed by atoms with Gasteiger partial charge in [-0.05, 0) is 35.9 Å². The van der Waals surface area contributed by atoms with Gasteiger partial charge in [0.25, 0.3) is 0 Å². The molecule has 0 fully saturated rings. The normalized spacial score (nSPS) is 13.8. The molecule has 4 heteroatoms. The van der Waals surface area contributed by atoms with E-state index in [-0.39, 0.29) is 18.0 Å². The summed E-state index contributed by atoms with van der Waals surface area (Å²) >= 11 is 1.68. The standard InChI is InChI=1S/C17H22N2OS/c1-3-5-13-7-9-14(10-8-13)16(15-6-4-11-21-15)19-12(2)17(18)20/h4,6-12,16,19H,3,5H2,1-2H3,(H2,18,20)/t12-,16-/m1/s1. The Labute approximate surface area is 130 Å². The summed E-state index contributed by atoms with van der Waals surface area (Å²) in [5, 5.41) is 5.37. The molecule has 3 nitrogen and oxygen atoms in total. The SMILES string of the molecule is CCCc1ccc([C@@H](N[C@H](C)C(N)=O)c2cccs2)cc1. The lowest BCUT2D eigenvalue weighted by atomic mass is 10.0. The molecule has 1 aromatic heterocycles. The third-order valence-electron chi connectivity index (χ3n) is 3.52. The molecule has 1 aromatic carbocycles. The lowest BCUT2D eigenvalue weighted by Crippen LogP contribution is -2.40. The van der Waals surface area contributed by atoms with Gasteiger partial charge in [-0.15, -0.1) is 11.3 Å². The van der Waals surface area contributed by atoms with Crippen LogP contribution in [0.25, 0.3) is 0 Å². The molecule has 0 bridgehead atoms. The molecule has 0 saturated heterocycles. The summed E-state index contributed by atoms with van der Waals surface area (Å²) < 4.78 is 0. The van der Waals surface area contributed by atoms with E-state index in [2.05, 4.69) is 42.6 Å². The number of rotatable bonds is 7. The second-order valence-electron chi connectivity index (χ2n) is 5.23. The molecule has 0 aliphatic rings. The second kappa shape index (κ2) is 7.38. The van der Waals surface area contributed by atoms with Crippen LogP contribution in [0.2, 0.25) is 0 Å². The molecule has 2 aromatic rings. The summed E-state index contributed by atoms with van der Waals surface area (Å²) in [6.45, 7) is 3.98. The van der Waals surface area contributed by atoms with E-state index in [1.165, 1.54) is 10.4 Å². The molecule has 21 heavy (non-hydrogen) atoms. The number of carbonyl (C=O) groups is 1. The number of primary amides is 1. The Bertz CT molecular complexity index is 563. The number of benzene rings is 1. The summed E-state index contributed by atoms with van der Waals surface area (Å²) in [5.74, 6) is -0.334. The van der Waals surface area contributed by atoms with Gasteiger partial charge in [0.05, 0.1) is 12.1 Å². The Balaban J connectivity index is 2.24. The van der Waals surface area contributed by atoms with Crippen molar-refractivity contribution in [3.05, 3.63) is 57.8 Å². The Hall–Kier alpha value is -1.65. The van der Waals surface area contributed by atoms with E-state index in [0.717, 1.165) is 18.4 Å². The highest BCUT2D eigenvalue weighted by Gasteiger charge is 2.19. The van der Waals surface area contributed by atoms with Crippen molar-refractivity contribution >= 4 is 17.2 Å². The number of hydrogen-bond donors (Lipinski definition) is 2. The fourth-order valence-corrected chi connectivity index (χ4v) is 3.11. The van der Waals surface area contributed by atoms with Gasteiger partial charge < -0.3 is 5.73 Å². The van der Waals surface area contributed by atoms with Crippen LogP contribution in [0.5, 0.6) is 0 Å². The summed E-state index contributed by atoms with van der Waals surface area (Å²) in [4.78, 5) is 12.5. The van der Waals surface area contributed by atoms with Gasteiger partial charge in [0.1, 0.15) is 0 Å². The average molecular weight is 302 g/mol. The summed E-state index contributed by atoms with van der Waals surface area (Å²) in [7, 11) is 0. The van der Waals surface area contributed by atoms with E-state index in [4.69, 9.17) is 5.73 Å². The van der Waals surface area contributed by atoms with Crippen molar-refractivity contribution in [2.75, 3.05) is 0 Å². The molecule has 2 atom stereocenters. The van der Waals surface area contributed by atoms with E-state index >= 15 is 0 Å². The molecule has 1 amide bonds. The first-order valence-electron chi connectivity index (χ1n) is 7.29. The number of hydrogen-bond acceptors (Lipinski definition) is 3. The number of nitrogens with one attached hydrogen (secondary N) is 1. The fraction of sp³-hybridized carbons (Fsp3) is 0.353. The van der Waals surface area contributed by atoms with Crippen LogP contribution in [-0.4, -0.2) is 11.9 Å². The minimum Gasteiger partial charge on any atom is -0.368 e. The number of nitrogens with two attached hydrogens (primary N) is 1. The first kappa shape index (κ1) is 15.7. The van der Waals surface area contributed by atoms with Crippen LogP contribution in [0.15, 0.2) is 41.8 Å². The Kier molecular flexibility index (Phi) is 5.53. The third-order valence-corrected chi connectivity index (χ3v) is 4.46. The van der Waals surface area contributed by atoms with Crippen LogP contribution < -0.4 is 11.1 Å². The molecule has 1 heterocycles. The van der Waals surface area contributed by atoms with Crippen molar-refractivity contribution in [3.63, 3.8) is 0 Å². The number of carbonyl (C=O) groups excluding carboxylic acids is 1. The maximum Gasteiger partial charge on any atom is 0.234 e. The van der Waals surface area contributed by atoms with Crippen LogP contribution in [0.3, 0.4) is 0 Å². The van der Waals surface area contributed by atoms with Crippen LogP contribution in [-0.2, 0) is 11.2 Å². The molecule has 0 unspecified atom stereocenters. The molecule has 0 aliphatic heterocycles. The van der Waals surface area contributed by atoms with Gasteiger partial charge in [-0.1, -0.05) is 43.7 Å². The quantitative estimate of drug-likeness (QED) is 0.825. The van der Waals surface area contributed by atoms with Gasteiger partial charge in [0, 0.05) is 4.88 Å². The van der Waals surface area contributed by atoms with Crippen molar-refractivity contribution in [2.24, 2.45) is 5.73 Å². The van der Waals surface area contributed by atoms with E-state index in [1.54, 1.807) is 18.3 Å². The molecule has 0 aliphatic carbocycles. The second-order valence-corrected chi connectivity index (χ2v) is 6.21. The van der Waals surface area contributed by atoms with Crippen molar-refractivity contribution in [3.8, 4) is 0 Å². The molecule has 3 N–H and O–H groups in total. The van der Waals surface area contributed by atoms with Gasteiger partial charge >= 0.3 is 0 Å². The topological polar surface area (TPSA) is 55.1 Å². The zero-order valence-corrected chi connectivity index (χ0v) is 13.3. The van der Waals surface area contributed by atoms with E-state index in [1.807, 2.05) is 11.4 Å². The van der Waals surface area contributed by atoms with Crippen LogP contribution in [0.4, 0.5) is 0 Å². The minimum absolute atomic E-state index is 0.00294. The fourth-order valence-electron chi connectivity index (χ4n) is 2.30. The van der Waals surface area contributed by atoms with Gasteiger partial charge in [0.2, 0.25) is 5.91 Å². The smallest absolute Gasteiger partial charge is 0.234 e. The molecule has 0 radical (unpaired) electrons. The third kappa shape index (κ3) is 4.16. The van der Waals surface area contributed by atoms with Crippen molar-refractivity contribution in [1.29, 1.82) is 0 Å². The Morgan fingerprint density at radius 3 is 2.52 bits per heavy atom. The van der Waals surface area contributed by atoms with E-state index in [9.17, 15) is 4.79 Å². The lowest BCUT2D eigenvalue weighted by Gasteiger charge is -2.21. The number of aryl methyl sites for hydroxylation is 1. The zero-order chi connectivity index (χ0) is 15.2. The van der Waals surface area contributed by atoms with Gasteiger partial charge in [-0.25, -0.2) is 0 Å². The molecule has 112 valence electrons. The monoisotopic (exact) mass is 302 g/mol. The average Bonchev–Trinajstić information content (AvgIpc) is 2.99. The van der Waals surface area contributed by atoms with Crippen LogP contribution in [0, 0.1) is 0 Å². The molecule has 2 rings (SSSR count). The molecule has 0 spiro atoms. The van der Waals surface area contributed by atoms with Crippen LogP contribution in [0.1, 0.15) is 42.3 Å². The van der Waals surface area contributed by atoms with Crippen LogP contribution >= 0.6 is 11.3 Å². The minimum atomic E-state index is -0.368. The first-order chi connectivity index (χ1) is 10.1.